The Bertz CT molecular complexity index is 1180. The van der Waals surface area contributed by atoms with Gasteiger partial charge in [-0.3, -0.25) is 14.4 Å². The first-order chi connectivity index (χ1) is 16.7. The Hall–Kier alpha value is -2.90. The number of benzene rings is 2. The molecule has 2 aromatic rings. The highest BCUT2D eigenvalue weighted by Crippen LogP contribution is 2.32. The van der Waals surface area contributed by atoms with Crippen molar-refractivity contribution in [3.63, 3.8) is 0 Å². The summed E-state index contributed by atoms with van der Waals surface area (Å²) in [6.07, 6.45) is 3.57. The summed E-state index contributed by atoms with van der Waals surface area (Å²) in [5.74, 6) is -0.710. The lowest BCUT2D eigenvalue weighted by Gasteiger charge is -2.22. The molecule has 3 amide bonds. The number of carbonyl (C=O) groups excluding carboxylic acids is 3. The Morgan fingerprint density at radius 2 is 1.83 bits per heavy atom. The van der Waals surface area contributed by atoms with Crippen LogP contribution in [-0.2, 0) is 14.4 Å². The van der Waals surface area contributed by atoms with Crippen molar-refractivity contribution in [2.75, 3.05) is 11.9 Å². The van der Waals surface area contributed by atoms with Crippen molar-refractivity contribution in [2.24, 2.45) is 10.9 Å². The van der Waals surface area contributed by atoms with Crippen molar-refractivity contribution in [3.8, 4) is 0 Å². The van der Waals surface area contributed by atoms with Crippen LogP contribution in [0, 0.1) is 5.92 Å². The average molecular weight is 515 g/mol. The molecule has 0 spiro atoms. The summed E-state index contributed by atoms with van der Waals surface area (Å²) in [5, 5.41) is 6.38. The van der Waals surface area contributed by atoms with Gasteiger partial charge >= 0.3 is 0 Å². The van der Waals surface area contributed by atoms with E-state index in [9.17, 15) is 14.4 Å². The van der Waals surface area contributed by atoms with Crippen LogP contribution in [0.25, 0.3) is 0 Å². The van der Waals surface area contributed by atoms with Crippen LogP contribution in [0.5, 0.6) is 0 Å². The summed E-state index contributed by atoms with van der Waals surface area (Å²) in [6, 6.07) is 11.5. The smallest absolute Gasteiger partial charge is 0.272 e. The number of rotatable bonds is 6. The molecule has 4 rings (SSSR count). The van der Waals surface area contributed by atoms with Gasteiger partial charge in [-0.15, -0.1) is 0 Å². The third-order valence-corrected chi connectivity index (χ3v) is 7.09. The van der Waals surface area contributed by atoms with Gasteiger partial charge in [-0.25, -0.2) is 4.99 Å². The highest BCUT2D eigenvalue weighted by atomic mass is 35.5. The van der Waals surface area contributed by atoms with E-state index in [1.54, 1.807) is 50.4 Å². The third-order valence-electron chi connectivity index (χ3n) is 6.53. The number of hydrogen-bond acceptors (Lipinski definition) is 4. The monoisotopic (exact) mass is 514 g/mol. The van der Waals surface area contributed by atoms with E-state index in [4.69, 9.17) is 23.2 Å². The lowest BCUT2D eigenvalue weighted by molar-refractivity contribution is -0.131. The summed E-state index contributed by atoms with van der Waals surface area (Å²) in [6.45, 7) is 1.60. The summed E-state index contributed by atoms with van der Waals surface area (Å²) < 4.78 is 0. The SMILES string of the molecule is C[C@H](NC(=O)CC1CCCC1)C(=O)NC1N=C(c2ccccc2Cl)c2cc(Cl)ccc2N(C)C1=O. The Kier molecular flexibility index (Phi) is 7.77. The van der Waals surface area contributed by atoms with Crippen LogP contribution >= 0.6 is 23.2 Å². The summed E-state index contributed by atoms with van der Waals surface area (Å²) in [4.78, 5) is 44.8. The summed E-state index contributed by atoms with van der Waals surface area (Å²) >= 11 is 12.8. The maximum Gasteiger partial charge on any atom is 0.272 e. The van der Waals surface area contributed by atoms with Gasteiger partial charge in [0.05, 0.1) is 11.4 Å². The molecule has 7 nitrogen and oxygen atoms in total. The van der Waals surface area contributed by atoms with Crippen LogP contribution in [0.15, 0.2) is 47.5 Å². The minimum atomic E-state index is -1.21. The Morgan fingerprint density at radius 3 is 2.54 bits per heavy atom. The van der Waals surface area contributed by atoms with Crippen molar-refractivity contribution >= 4 is 52.3 Å². The Labute approximate surface area is 214 Å². The molecule has 0 aromatic heterocycles. The van der Waals surface area contributed by atoms with Gasteiger partial charge in [0.25, 0.3) is 5.91 Å². The Morgan fingerprint density at radius 1 is 1.11 bits per heavy atom. The van der Waals surface area contributed by atoms with E-state index in [-0.39, 0.29) is 5.91 Å². The number of aliphatic imine (C=N–C) groups is 1. The van der Waals surface area contributed by atoms with Gasteiger partial charge in [0.15, 0.2) is 0 Å². The molecular formula is C26H28Cl2N4O3. The zero-order valence-corrected chi connectivity index (χ0v) is 21.2. The predicted molar refractivity (Wildman–Crippen MR) is 138 cm³/mol. The van der Waals surface area contributed by atoms with Crippen molar-refractivity contribution in [1.29, 1.82) is 0 Å². The molecule has 1 aliphatic carbocycles. The minimum absolute atomic E-state index is 0.161. The van der Waals surface area contributed by atoms with Crippen molar-refractivity contribution in [3.05, 3.63) is 63.6 Å². The van der Waals surface area contributed by atoms with Gasteiger partial charge in [-0.05, 0) is 49.9 Å². The molecule has 1 saturated carbocycles. The van der Waals surface area contributed by atoms with E-state index in [1.807, 2.05) is 6.07 Å². The van der Waals surface area contributed by atoms with Gasteiger partial charge in [0.1, 0.15) is 6.04 Å². The maximum absolute atomic E-state index is 13.3. The van der Waals surface area contributed by atoms with E-state index < -0.39 is 24.0 Å². The van der Waals surface area contributed by atoms with Crippen LogP contribution in [0.1, 0.15) is 50.2 Å². The number of nitrogens with zero attached hydrogens (tertiary/aromatic N) is 2. The molecule has 2 aromatic carbocycles. The number of anilines is 1. The molecule has 2 aliphatic rings. The van der Waals surface area contributed by atoms with E-state index >= 15 is 0 Å². The van der Waals surface area contributed by atoms with Gasteiger partial charge in [0, 0.05) is 34.6 Å². The minimum Gasteiger partial charge on any atom is -0.345 e. The van der Waals surface area contributed by atoms with Gasteiger partial charge < -0.3 is 15.5 Å². The van der Waals surface area contributed by atoms with Crippen LogP contribution < -0.4 is 15.5 Å². The highest BCUT2D eigenvalue weighted by Gasteiger charge is 2.33. The van der Waals surface area contributed by atoms with Crippen LogP contribution in [0.2, 0.25) is 10.0 Å². The second kappa shape index (κ2) is 10.8. The first-order valence-corrected chi connectivity index (χ1v) is 12.5. The maximum atomic E-state index is 13.3. The Balaban J connectivity index is 1.60. The molecule has 9 heteroatoms. The molecule has 0 radical (unpaired) electrons. The fourth-order valence-electron chi connectivity index (χ4n) is 4.61. The number of nitrogens with one attached hydrogen (secondary N) is 2. The fraction of sp³-hybridized carbons (Fsp3) is 0.385. The third kappa shape index (κ3) is 5.68. The molecule has 0 saturated heterocycles. The van der Waals surface area contributed by atoms with E-state index in [0.29, 0.717) is 44.9 Å². The normalized spacial score (nSPS) is 19.0. The standard InChI is InChI=1S/C26H28Cl2N4O3/c1-15(29-22(33)13-16-7-3-4-8-16)25(34)31-24-26(35)32(2)21-12-11-17(27)14-19(21)23(30-24)18-9-5-6-10-20(18)28/h5-6,9-12,14-16,24H,3-4,7-8,13H2,1-2H3,(H,29,33)(H,31,34)/t15-,24?/m0/s1. The largest absolute Gasteiger partial charge is 0.345 e. The highest BCUT2D eigenvalue weighted by molar-refractivity contribution is 6.37. The van der Waals surface area contributed by atoms with Crippen LogP contribution in [0.4, 0.5) is 5.69 Å². The summed E-state index contributed by atoms with van der Waals surface area (Å²) in [5.41, 5.74) is 2.26. The number of halogens is 2. The number of carbonyl (C=O) groups is 3. The lowest BCUT2D eigenvalue weighted by Crippen LogP contribution is -2.52. The molecule has 1 unspecified atom stereocenters. The molecule has 184 valence electrons. The van der Waals surface area contributed by atoms with E-state index in [0.717, 1.165) is 25.7 Å². The van der Waals surface area contributed by atoms with Crippen molar-refractivity contribution < 1.29 is 14.4 Å². The van der Waals surface area contributed by atoms with Gasteiger partial charge in [-0.1, -0.05) is 54.2 Å². The summed E-state index contributed by atoms with van der Waals surface area (Å²) in [7, 11) is 1.62. The van der Waals surface area contributed by atoms with Gasteiger partial charge in [0.2, 0.25) is 18.0 Å². The zero-order valence-electron chi connectivity index (χ0n) is 19.7. The van der Waals surface area contributed by atoms with Gasteiger partial charge in [-0.2, -0.15) is 0 Å². The number of amides is 3. The van der Waals surface area contributed by atoms with Crippen molar-refractivity contribution in [1.82, 2.24) is 10.6 Å². The second-order valence-electron chi connectivity index (χ2n) is 9.07. The van der Waals surface area contributed by atoms with Crippen molar-refractivity contribution in [2.45, 2.75) is 51.2 Å². The number of likely N-dealkylation sites (N-methyl/N-ethyl adjacent to an activating group) is 1. The number of hydrogen-bond donors (Lipinski definition) is 2. The predicted octanol–water partition coefficient (Wildman–Crippen LogP) is 4.33. The molecule has 2 atom stereocenters. The van der Waals surface area contributed by atoms with E-state index in [1.165, 1.54) is 4.90 Å². The van der Waals surface area contributed by atoms with E-state index in [2.05, 4.69) is 15.6 Å². The second-order valence-corrected chi connectivity index (χ2v) is 9.91. The molecule has 1 aliphatic heterocycles. The quantitative estimate of drug-likeness (QED) is 0.600. The first-order valence-electron chi connectivity index (χ1n) is 11.7. The number of fused-ring (bicyclic) bond motifs is 1. The molecular weight excluding hydrogens is 487 g/mol. The molecule has 1 fully saturated rings. The molecule has 0 bridgehead atoms. The number of benzodiazepines with no additional fused rings is 1. The zero-order chi connectivity index (χ0) is 25.1. The topological polar surface area (TPSA) is 90.9 Å². The van der Waals surface area contributed by atoms with Crippen LogP contribution in [0.3, 0.4) is 0 Å². The average Bonchev–Trinajstić information content (AvgIpc) is 3.31. The molecule has 35 heavy (non-hydrogen) atoms. The first kappa shape index (κ1) is 25.2. The fourth-order valence-corrected chi connectivity index (χ4v) is 5.01. The molecule has 2 N–H and O–H groups in total. The molecule has 1 heterocycles. The van der Waals surface area contributed by atoms with Crippen LogP contribution in [-0.4, -0.2) is 42.7 Å². The lowest BCUT2D eigenvalue weighted by atomic mass is 10.00.